The van der Waals surface area contributed by atoms with Crippen molar-refractivity contribution in [2.45, 2.75) is 44.2 Å². The number of rotatable bonds is 9. The van der Waals surface area contributed by atoms with Gasteiger partial charge in [-0.1, -0.05) is 42.5 Å². The average Bonchev–Trinajstić information content (AvgIpc) is 2.94. The molecule has 1 N–H and O–H groups in total. The zero-order chi connectivity index (χ0) is 17.2. The summed E-state index contributed by atoms with van der Waals surface area (Å²) in [5.74, 6) is 0.195. The number of aliphatic imine (C=N–C) groups is 1. The Morgan fingerprint density at radius 2 is 2.17 bits per heavy atom. The molecule has 1 saturated heterocycles. The summed E-state index contributed by atoms with van der Waals surface area (Å²) >= 11 is 4.54. The third-order valence-corrected chi connectivity index (χ3v) is 4.33. The van der Waals surface area contributed by atoms with Gasteiger partial charge in [-0.05, 0) is 37.0 Å². The lowest BCUT2D eigenvalue weighted by Crippen LogP contribution is -2.33. The number of thiocarbonyl (C=S) groups is 1. The van der Waals surface area contributed by atoms with E-state index in [9.17, 15) is 9.90 Å². The summed E-state index contributed by atoms with van der Waals surface area (Å²) in [6, 6.07) is 10.0. The van der Waals surface area contributed by atoms with Gasteiger partial charge in [-0.25, -0.2) is 4.99 Å². The van der Waals surface area contributed by atoms with E-state index in [1.54, 1.807) is 0 Å². The third-order valence-electron chi connectivity index (χ3n) is 4.20. The molecule has 24 heavy (non-hydrogen) atoms. The summed E-state index contributed by atoms with van der Waals surface area (Å²) in [6.07, 6.45) is 7.08. The van der Waals surface area contributed by atoms with E-state index in [1.807, 2.05) is 47.4 Å². The third kappa shape index (κ3) is 6.00. The van der Waals surface area contributed by atoms with Gasteiger partial charge in [0.15, 0.2) is 0 Å². The summed E-state index contributed by atoms with van der Waals surface area (Å²) < 4.78 is 0. The Morgan fingerprint density at radius 1 is 1.38 bits per heavy atom. The largest absolute Gasteiger partial charge is 0.389 e. The number of benzene rings is 1. The zero-order valence-corrected chi connectivity index (χ0v) is 14.6. The number of isothiocyanates is 1. The zero-order valence-electron chi connectivity index (χ0n) is 13.8. The molecule has 1 aromatic rings. The van der Waals surface area contributed by atoms with Crippen molar-refractivity contribution >= 4 is 23.3 Å². The van der Waals surface area contributed by atoms with E-state index in [0.717, 1.165) is 31.4 Å². The van der Waals surface area contributed by atoms with Gasteiger partial charge in [-0.3, -0.25) is 4.79 Å². The van der Waals surface area contributed by atoms with Crippen LogP contribution in [0.15, 0.2) is 47.5 Å². The van der Waals surface area contributed by atoms with Crippen molar-refractivity contribution in [3.05, 3.63) is 48.0 Å². The molecule has 1 unspecified atom stereocenters. The molecule has 0 bridgehead atoms. The second kappa shape index (κ2) is 10.1. The Kier molecular flexibility index (Phi) is 7.83. The van der Waals surface area contributed by atoms with Gasteiger partial charge in [-0.15, -0.1) is 0 Å². The Bertz CT molecular complexity index is 597. The first-order chi connectivity index (χ1) is 11.7. The van der Waals surface area contributed by atoms with Gasteiger partial charge < -0.3 is 10.0 Å². The van der Waals surface area contributed by atoms with E-state index in [0.29, 0.717) is 19.4 Å². The number of likely N-dealkylation sites (tertiary alicyclic amines) is 1. The van der Waals surface area contributed by atoms with Gasteiger partial charge >= 0.3 is 0 Å². The molecular weight excluding hydrogens is 320 g/mol. The van der Waals surface area contributed by atoms with Crippen LogP contribution in [0.1, 0.15) is 31.2 Å². The van der Waals surface area contributed by atoms with Crippen LogP contribution < -0.4 is 0 Å². The summed E-state index contributed by atoms with van der Waals surface area (Å²) in [5.41, 5.74) is 1.10. The van der Waals surface area contributed by atoms with Crippen molar-refractivity contribution in [3.63, 3.8) is 0 Å². The second-order valence-electron chi connectivity index (χ2n) is 6.02. The Hall–Kier alpha value is -1.81. The molecule has 4 nitrogen and oxygen atoms in total. The lowest BCUT2D eigenvalue weighted by Gasteiger charge is -2.22. The van der Waals surface area contributed by atoms with Crippen molar-refractivity contribution in [2.24, 2.45) is 4.99 Å². The highest BCUT2D eigenvalue weighted by molar-refractivity contribution is 7.78. The van der Waals surface area contributed by atoms with E-state index >= 15 is 0 Å². The Balaban J connectivity index is 1.82. The number of aliphatic hydroxyl groups excluding tert-OH is 1. The molecule has 0 aliphatic carbocycles. The smallest absolute Gasteiger partial charge is 0.223 e. The van der Waals surface area contributed by atoms with Crippen LogP contribution >= 0.6 is 12.2 Å². The number of nitrogens with zero attached hydrogens (tertiary/aromatic N) is 2. The highest BCUT2D eigenvalue weighted by atomic mass is 32.1. The number of unbranched alkanes of at least 4 members (excludes halogenated alkanes) is 1. The van der Waals surface area contributed by atoms with Crippen molar-refractivity contribution < 1.29 is 9.90 Å². The molecule has 0 radical (unpaired) electrons. The molecule has 5 heteroatoms. The molecule has 1 fully saturated rings. The maximum Gasteiger partial charge on any atom is 0.223 e. The molecule has 2 rings (SSSR count). The molecule has 2 atom stereocenters. The molecule has 1 heterocycles. The molecule has 1 aliphatic heterocycles. The maximum atomic E-state index is 12.0. The predicted octanol–water partition coefficient (Wildman–Crippen LogP) is 3.02. The SMILES string of the molecule is O=C1CC[C@H](/C=C/C(O)Cc2ccccc2)N1CCCCN=C=S. The van der Waals surface area contributed by atoms with Crippen molar-refractivity contribution in [1.82, 2.24) is 4.90 Å². The van der Waals surface area contributed by atoms with E-state index in [-0.39, 0.29) is 11.9 Å². The number of carbonyl (C=O) groups is 1. The van der Waals surface area contributed by atoms with Gasteiger partial charge in [0.1, 0.15) is 0 Å². The second-order valence-corrected chi connectivity index (χ2v) is 6.20. The van der Waals surface area contributed by atoms with E-state index < -0.39 is 6.10 Å². The number of hydrogen-bond acceptors (Lipinski definition) is 4. The van der Waals surface area contributed by atoms with Crippen LogP contribution in [0.5, 0.6) is 0 Å². The highest BCUT2D eigenvalue weighted by Gasteiger charge is 2.28. The Morgan fingerprint density at radius 3 is 2.92 bits per heavy atom. The lowest BCUT2D eigenvalue weighted by atomic mass is 10.1. The normalized spacial score (nSPS) is 18.8. The number of aliphatic hydroxyl groups is 1. The fraction of sp³-hybridized carbons (Fsp3) is 0.474. The van der Waals surface area contributed by atoms with Crippen LogP contribution in [0.3, 0.4) is 0 Å². The number of amides is 1. The molecule has 1 amide bonds. The van der Waals surface area contributed by atoms with Gasteiger partial charge in [0.2, 0.25) is 5.91 Å². The van der Waals surface area contributed by atoms with Crippen molar-refractivity contribution in [3.8, 4) is 0 Å². The first-order valence-electron chi connectivity index (χ1n) is 8.44. The Labute approximate surface area is 148 Å². The summed E-state index contributed by atoms with van der Waals surface area (Å²) in [5, 5.41) is 12.5. The van der Waals surface area contributed by atoms with Crippen LogP contribution in [-0.2, 0) is 11.2 Å². The highest BCUT2D eigenvalue weighted by Crippen LogP contribution is 2.20. The summed E-state index contributed by atoms with van der Waals surface area (Å²) in [6.45, 7) is 1.40. The van der Waals surface area contributed by atoms with Crippen molar-refractivity contribution in [2.75, 3.05) is 13.1 Å². The van der Waals surface area contributed by atoms with E-state index in [1.165, 1.54) is 0 Å². The average molecular weight is 344 g/mol. The molecule has 1 aromatic carbocycles. The van der Waals surface area contributed by atoms with Crippen molar-refractivity contribution in [1.29, 1.82) is 0 Å². The molecule has 0 saturated carbocycles. The lowest BCUT2D eigenvalue weighted by molar-refractivity contribution is -0.128. The van der Waals surface area contributed by atoms with Crippen LogP contribution in [-0.4, -0.2) is 46.3 Å². The van der Waals surface area contributed by atoms with Crippen LogP contribution in [0.4, 0.5) is 0 Å². The van der Waals surface area contributed by atoms with Gasteiger partial charge in [0.05, 0.1) is 17.3 Å². The number of hydrogen-bond donors (Lipinski definition) is 1. The molecule has 0 spiro atoms. The van der Waals surface area contributed by atoms with E-state index in [2.05, 4.69) is 22.4 Å². The monoisotopic (exact) mass is 344 g/mol. The number of carbonyl (C=O) groups excluding carboxylic acids is 1. The molecule has 1 aliphatic rings. The molecule has 0 aromatic heterocycles. The quantitative estimate of drug-likeness (QED) is 0.324. The fourth-order valence-corrected chi connectivity index (χ4v) is 3.04. The first-order valence-corrected chi connectivity index (χ1v) is 8.85. The summed E-state index contributed by atoms with van der Waals surface area (Å²) in [7, 11) is 0. The predicted molar refractivity (Wildman–Crippen MR) is 99.2 cm³/mol. The van der Waals surface area contributed by atoms with Crippen LogP contribution in [0.25, 0.3) is 0 Å². The summed E-state index contributed by atoms with van der Waals surface area (Å²) in [4.78, 5) is 17.8. The first kappa shape index (κ1) is 18.5. The topological polar surface area (TPSA) is 52.9 Å². The molecular formula is C19H24N2O2S. The van der Waals surface area contributed by atoms with Gasteiger partial charge in [0, 0.05) is 25.9 Å². The van der Waals surface area contributed by atoms with Gasteiger partial charge in [0.25, 0.3) is 0 Å². The minimum atomic E-state index is -0.526. The minimum Gasteiger partial charge on any atom is -0.389 e. The van der Waals surface area contributed by atoms with E-state index in [4.69, 9.17) is 0 Å². The van der Waals surface area contributed by atoms with Crippen LogP contribution in [0, 0.1) is 0 Å². The van der Waals surface area contributed by atoms with Crippen LogP contribution in [0.2, 0.25) is 0 Å². The maximum absolute atomic E-state index is 12.0. The van der Waals surface area contributed by atoms with Gasteiger partial charge in [-0.2, -0.15) is 0 Å². The standard InChI is InChI=1S/C19H24N2O2S/c22-18(14-16-6-2-1-3-7-16)10-8-17-9-11-19(23)21(17)13-5-4-12-20-15-24/h1-3,6-8,10,17-18,22H,4-5,9,11-14H2/b10-8+/t17-,18?/m0/s1. The fourth-order valence-electron chi connectivity index (χ4n) is 2.95. The minimum absolute atomic E-state index is 0.0944. The molecule has 128 valence electrons.